The molecule has 0 aromatic heterocycles. The number of carbonyl (C=O) groups excluding carboxylic acids is 2. The summed E-state index contributed by atoms with van der Waals surface area (Å²) in [5, 5.41) is 8.48. The maximum absolute atomic E-state index is 11.8. The van der Waals surface area contributed by atoms with Gasteiger partial charge < -0.3 is 20.9 Å². The van der Waals surface area contributed by atoms with Crippen LogP contribution in [-0.2, 0) is 4.79 Å². The quantitative estimate of drug-likeness (QED) is 0.772. The van der Waals surface area contributed by atoms with Crippen LogP contribution in [-0.4, -0.2) is 38.6 Å². The van der Waals surface area contributed by atoms with E-state index < -0.39 is 0 Å². The van der Waals surface area contributed by atoms with Gasteiger partial charge in [-0.3, -0.25) is 4.79 Å². The highest BCUT2D eigenvalue weighted by Gasteiger charge is 2.14. The Labute approximate surface area is 141 Å². The van der Waals surface area contributed by atoms with Gasteiger partial charge in [-0.15, -0.1) is 0 Å². The van der Waals surface area contributed by atoms with Crippen LogP contribution in [0.2, 0.25) is 5.02 Å². The van der Waals surface area contributed by atoms with Gasteiger partial charge in [-0.25, -0.2) is 4.79 Å². The smallest absolute Gasteiger partial charge is 0.319 e. The van der Waals surface area contributed by atoms with Crippen LogP contribution >= 0.6 is 11.6 Å². The van der Waals surface area contributed by atoms with Crippen LogP contribution in [0.5, 0.6) is 0 Å². The SMILES string of the molecule is CNC(=O)CCNC(=O)Nc1ccc(N2CCCCC2)c(Cl)c1. The predicted octanol–water partition coefficient (Wildman–Crippen LogP) is 2.59. The lowest BCUT2D eigenvalue weighted by atomic mass is 10.1. The van der Waals surface area contributed by atoms with Crippen molar-refractivity contribution < 1.29 is 9.59 Å². The van der Waals surface area contributed by atoms with E-state index in [0.29, 0.717) is 10.7 Å². The predicted molar refractivity (Wildman–Crippen MR) is 93.2 cm³/mol. The zero-order chi connectivity index (χ0) is 16.7. The number of piperidine rings is 1. The molecule has 2 rings (SSSR count). The second-order valence-corrected chi connectivity index (χ2v) is 5.93. The van der Waals surface area contributed by atoms with E-state index in [0.717, 1.165) is 18.8 Å². The highest BCUT2D eigenvalue weighted by atomic mass is 35.5. The first-order chi connectivity index (χ1) is 11.1. The molecule has 1 aromatic carbocycles. The molecule has 7 heteroatoms. The molecule has 0 spiro atoms. The largest absolute Gasteiger partial charge is 0.370 e. The summed E-state index contributed by atoms with van der Waals surface area (Å²) in [6.45, 7) is 2.32. The summed E-state index contributed by atoms with van der Waals surface area (Å²) < 4.78 is 0. The van der Waals surface area contributed by atoms with Crippen molar-refractivity contribution in [3.8, 4) is 0 Å². The van der Waals surface area contributed by atoms with Crippen molar-refractivity contribution in [2.75, 3.05) is 36.9 Å². The first kappa shape index (κ1) is 17.4. The summed E-state index contributed by atoms with van der Waals surface area (Å²) in [7, 11) is 1.56. The molecule has 6 nitrogen and oxygen atoms in total. The summed E-state index contributed by atoms with van der Waals surface area (Å²) >= 11 is 6.34. The summed E-state index contributed by atoms with van der Waals surface area (Å²) in [6.07, 6.45) is 3.89. The molecule has 1 saturated heterocycles. The highest BCUT2D eigenvalue weighted by Crippen LogP contribution is 2.30. The number of halogens is 1. The van der Waals surface area contributed by atoms with E-state index in [4.69, 9.17) is 11.6 Å². The minimum atomic E-state index is -0.351. The van der Waals surface area contributed by atoms with E-state index >= 15 is 0 Å². The standard InChI is InChI=1S/C16H23ClN4O2/c1-18-15(22)7-8-19-16(23)20-12-5-6-14(13(17)11-12)21-9-3-2-4-10-21/h5-6,11H,2-4,7-10H2,1H3,(H,18,22)(H2,19,20,23). The summed E-state index contributed by atoms with van der Waals surface area (Å²) in [4.78, 5) is 25.1. The number of benzene rings is 1. The minimum Gasteiger partial charge on any atom is -0.370 e. The number of hydrogen-bond donors (Lipinski definition) is 3. The van der Waals surface area contributed by atoms with E-state index in [1.165, 1.54) is 19.3 Å². The van der Waals surface area contributed by atoms with Crippen LogP contribution in [0.15, 0.2) is 18.2 Å². The van der Waals surface area contributed by atoms with E-state index in [1.54, 1.807) is 13.1 Å². The Kier molecular flexibility index (Phi) is 6.52. The number of urea groups is 1. The van der Waals surface area contributed by atoms with Gasteiger partial charge in [0.05, 0.1) is 10.7 Å². The Balaban J connectivity index is 1.87. The Morgan fingerprint density at radius 1 is 1.22 bits per heavy atom. The molecule has 3 amide bonds. The summed E-state index contributed by atoms with van der Waals surface area (Å²) in [5.74, 6) is -0.112. The van der Waals surface area contributed by atoms with E-state index in [-0.39, 0.29) is 24.9 Å². The van der Waals surface area contributed by atoms with Crippen LogP contribution in [0.1, 0.15) is 25.7 Å². The van der Waals surface area contributed by atoms with Gasteiger partial charge in [0, 0.05) is 38.8 Å². The molecule has 3 N–H and O–H groups in total. The second-order valence-electron chi connectivity index (χ2n) is 5.52. The highest BCUT2D eigenvalue weighted by molar-refractivity contribution is 6.33. The molecule has 0 radical (unpaired) electrons. The topological polar surface area (TPSA) is 73.5 Å². The number of rotatable bonds is 5. The fourth-order valence-corrected chi connectivity index (χ4v) is 2.87. The normalized spacial score (nSPS) is 14.3. The molecule has 23 heavy (non-hydrogen) atoms. The number of carbonyl (C=O) groups is 2. The molecular weight excluding hydrogens is 316 g/mol. The molecule has 1 aliphatic heterocycles. The van der Waals surface area contributed by atoms with Crippen LogP contribution in [0, 0.1) is 0 Å². The van der Waals surface area contributed by atoms with Crippen molar-refractivity contribution >= 4 is 34.9 Å². The van der Waals surface area contributed by atoms with E-state index in [2.05, 4.69) is 20.9 Å². The average Bonchev–Trinajstić information content (AvgIpc) is 2.55. The average molecular weight is 339 g/mol. The van der Waals surface area contributed by atoms with Gasteiger partial charge in [0.2, 0.25) is 5.91 Å². The molecule has 1 aliphatic rings. The van der Waals surface area contributed by atoms with Gasteiger partial charge in [0.1, 0.15) is 0 Å². The molecular formula is C16H23ClN4O2. The number of nitrogens with one attached hydrogen (secondary N) is 3. The van der Waals surface area contributed by atoms with Gasteiger partial charge in [-0.2, -0.15) is 0 Å². The number of amides is 3. The Hall–Kier alpha value is -1.95. The van der Waals surface area contributed by atoms with Gasteiger partial charge in [0.25, 0.3) is 0 Å². The van der Waals surface area contributed by atoms with Crippen molar-refractivity contribution in [2.24, 2.45) is 0 Å². The number of hydrogen-bond acceptors (Lipinski definition) is 3. The maximum Gasteiger partial charge on any atom is 0.319 e. The zero-order valence-corrected chi connectivity index (χ0v) is 14.1. The lowest BCUT2D eigenvalue weighted by Gasteiger charge is -2.29. The van der Waals surface area contributed by atoms with E-state index in [1.807, 2.05) is 12.1 Å². The number of anilines is 2. The molecule has 0 aliphatic carbocycles. The molecule has 0 unspecified atom stereocenters. The fourth-order valence-electron chi connectivity index (χ4n) is 2.57. The molecule has 0 saturated carbocycles. The third kappa shape index (κ3) is 5.32. The van der Waals surface area contributed by atoms with Gasteiger partial charge >= 0.3 is 6.03 Å². The maximum atomic E-state index is 11.8. The number of nitrogens with zero attached hydrogens (tertiary/aromatic N) is 1. The van der Waals surface area contributed by atoms with Crippen LogP contribution in [0.3, 0.4) is 0 Å². The van der Waals surface area contributed by atoms with Gasteiger partial charge in [-0.05, 0) is 37.5 Å². The molecule has 1 heterocycles. The third-order valence-electron chi connectivity index (χ3n) is 3.82. The summed E-state index contributed by atoms with van der Waals surface area (Å²) in [5.41, 5.74) is 1.64. The van der Waals surface area contributed by atoms with Crippen LogP contribution in [0.4, 0.5) is 16.2 Å². The summed E-state index contributed by atoms with van der Waals surface area (Å²) in [6, 6.07) is 5.18. The van der Waals surface area contributed by atoms with Crippen molar-refractivity contribution in [2.45, 2.75) is 25.7 Å². The van der Waals surface area contributed by atoms with Crippen molar-refractivity contribution in [1.29, 1.82) is 0 Å². The Morgan fingerprint density at radius 3 is 2.61 bits per heavy atom. The lowest BCUT2D eigenvalue weighted by Crippen LogP contribution is -2.32. The Bertz CT molecular complexity index is 559. The first-order valence-electron chi connectivity index (χ1n) is 7.90. The van der Waals surface area contributed by atoms with Crippen LogP contribution < -0.4 is 20.9 Å². The molecule has 126 valence electrons. The monoisotopic (exact) mass is 338 g/mol. The molecule has 0 atom stereocenters. The fraction of sp³-hybridized carbons (Fsp3) is 0.500. The van der Waals surface area contributed by atoms with Gasteiger partial charge in [0.15, 0.2) is 0 Å². The minimum absolute atomic E-state index is 0.112. The van der Waals surface area contributed by atoms with Crippen molar-refractivity contribution in [3.05, 3.63) is 23.2 Å². The second kappa shape index (κ2) is 8.62. The molecule has 1 fully saturated rings. The first-order valence-corrected chi connectivity index (χ1v) is 8.28. The van der Waals surface area contributed by atoms with Crippen molar-refractivity contribution in [1.82, 2.24) is 10.6 Å². The Morgan fingerprint density at radius 2 is 1.96 bits per heavy atom. The van der Waals surface area contributed by atoms with E-state index in [9.17, 15) is 9.59 Å². The van der Waals surface area contributed by atoms with Crippen molar-refractivity contribution in [3.63, 3.8) is 0 Å². The molecule has 1 aromatic rings. The van der Waals surface area contributed by atoms with Gasteiger partial charge in [-0.1, -0.05) is 11.6 Å². The third-order valence-corrected chi connectivity index (χ3v) is 4.12. The molecule has 0 bridgehead atoms. The van der Waals surface area contributed by atoms with Crippen LogP contribution in [0.25, 0.3) is 0 Å². The zero-order valence-electron chi connectivity index (χ0n) is 13.3. The lowest BCUT2D eigenvalue weighted by molar-refractivity contribution is -0.120.